The number of nitrogens with zero attached hydrogens (tertiary/aromatic N) is 1. The van der Waals surface area contributed by atoms with Gasteiger partial charge >= 0.3 is 0 Å². The molecule has 2 N–H and O–H groups in total. The zero-order chi connectivity index (χ0) is 25.8. The predicted molar refractivity (Wildman–Crippen MR) is 139 cm³/mol. The summed E-state index contributed by atoms with van der Waals surface area (Å²) in [5, 5.41) is 5.72. The van der Waals surface area contributed by atoms with Gasteiger partial charge in [0.05, 0.1) is 13.4 Å². The molecule has 0 saturated carbocycles. The molecule has 0 fully saturated rings. The minimum absolute atomic E-state index is 0.185. The van der Waals surface area contributed by atoms with E-state index in [4.69, 9.17) is 9.15 Å². The molecule has 1 aliphatic heterocycles. The van der Waals surface area contributed by atoms with Crippen molar-refractivity contribution in [1.82, 2.24) is 4.90 Å². The van der Waals surface area contributed by atoms with Gasteiger partial charge in [0, 0.05) is 29.9 Å². The third-order valence-electron chi connectivity index (χ3n) is 6.31. The number of benzene rings is 3. The Morgan fingerprint density at radius 2 is 1.51 bits per heavy atom. The Morgan fingerprint density at radius 1 is 0.838 bits per heavy atom. The van der Waals surface area contributed by atoms with Gasteiger partial charge < -0.3 is 24.7 Å². The van der Waals surface area contributed by atoms with Crippen LogP contribution in [0.1, 0.15) is 32.0 Å². The summed E-state index contributed by atoms with van der Waals surface area (Å²) in [6, 6.07) is 23.9. The molecule has 8 nitrogen and oxygen atoms in total. The minimum atomic E-state index is -0.717. The molecule has 0 bridgehead atoms. The van der Waals surface area contributed by atoms with Crippen LogP contribution in [0.4, 0.5) is 11.4 Å². The van der Waals surface area contributed by atoms with Crippen molar-refractivity contribution >= 4 is 29.1 Å². The number of fused-ring (bicyclic) bond motifs is 1. The molecule has 1 aliphatic rings. The van der Waals surface area contributed by atoms with E-state index in [1.807, 2.05) is 24.3 Å². The van der Waals surface area contributed by atoms with Gasteiger partial charge in [-0.2, -0.15) is 0 Å². The van der Waals surface area contributed by atoms with E-state index in [-0.39, 0.29) is 23.5 Å². The summed E-state index contributed by atoms with van der Waals surface area (Å²) in [5.74, 6) is -0.0504. The van der Waals surface area contributed by atoms with Crippen molar-refractivity contribution in [3.05, 3.63) is 114 Å². The number of anilines is 2. The lowest BCUT2D eigenvalue weighted by Gasteiger charge is -2.35. The molecule has 1 aromatic heterocycles. The summed E-state index contributed by atoms with van der Waals surface area (Å²) in [5.41, 5.74) is 3.63. The predicted octanol–water partition coefficient (Wildman–Crippen LogP) is 4.75. The molecule has 3 amide bonds. The highest BCUT2D eigenvalue weighted by Gasteiger charge is 2.36. The molecule has 2 heterocycles. The Labute approximate surface area is 213 Å². The van der Waals surface area contributed by atoms with Crippen molar-refractivity contribution in [2.24, 2.45) is 0 Å². The second-order valence-corrected chi connectivity index (χ2v) is 8.65. The van der Waals surface area contributed by atoms with Gasteiger partial charge in [-0.15, -0.1) is 0 Å². The number of methoxy groups -OCH3 is 1. The zero-order valence-corrected chi connectivity index (χ0v) is 20.1. The summed E-state index contributed by atoms with van der Waals surface area (Å²) in [4.78, 5) is 40.6. The maximum absolute atomic E-state index is 13.3. The maximum atomic E-state index is 13.3. The maximum Gasteiger partial charge on any atom is 0.290 e. The average Bonchev–Trinajstić information content (AvgIpc) is 3.48. The number of carbonyl (C=O) groups excluding carboxylic acids is 3. The standard InChI is InChI=1S/C29H25N3O5/c1-36-24-14-12-23(13-15-24)30-27(33)19-8-10-22(11-9-19)31-28(34)25-17-20-5-2-3-6-21(20)18-32(25)29(35)26-7-4-16-37-26/h2-16,25H,17-18H2,1H3,(H,30,33)(H,31,34). The number of nitrogens with one attached hydrogen (secondary N) is 2. The van der Waals surface area contributed by atoms with Crippen LogP contribution in [0.15, 0.2) is 95.6 Å². The number of hydrogen-bond acceptors (Lipinski definition) is 5. The molecule has 1 atom stereocenters. The van der Waals surface area contributed by atoms with E-state index >= 15 is 0 Å². The molecule has 0 aliphatic carbocycles. The van der Waals surface area contributed by atoms with E-state index in [1.54, 1.807) is 67.8 Å². The molecular formula is C29H25N3O5. The first kappa shape index (κ1) is 23.9. The molecule has 0 saturated heterocycles. The van der Waals surface area contributed by atoms with Crippen LogP contribution in [0.3, 0.4) is 0 Å². The molecule has 8 heteroatoms. The van der Waals surface area contributed by atoms with Crippen LogP contribution < -0.4 is 15.4 Å². The first-order valence-electron chi connectivity index (χ1n) is 11.8. The van der Waals surface area contributed by atoms with Gasteiger partial charge in [0.1, 0.15) is 11.8 Å². The third-order valence-corrected chi connectivity index (χ3v) is 6.31. The van der Waals surface area contributed by atoms with Gasteiger partial charge in [0.25, 0.3) is 11.8 Å². The topological polar surface area (TPSA) is 101 Å². The molecule has 186 valence electrons. The van der Waals surface area contributed by atoms with E-state index in [1.165, 1.54) is 11.2 Å². The summed E-state index contributed by atoms with van der Waals surface area (Å²) in [7, 11) is 1.58. The van der Waals surface area contributed by atoms with Crippen LogP contribution in [-0.4, -0.2) is 35.8 Å². The fourth-order valence-electron chi connectivity index (χ4n) is 4.32. The first-order chi connectivity index (χ1) is 18.0. The highest BCUT2D eigenvalue weighted by molar-refractivity contribution is 6.05. The highest BCUT2D eigenvalue weighted by Crippen LogP contribution is 2.26. The van der Waals surface area contributed by atoms with Crippen molar-refractivity contribution < 1.29 is 23.5 Å². The van der Waals surface area contributed by atoms with Crippen LogP contribution in [0.25, 0.3) is 0 Å². The summed E-state index contributed by atoms with van der Waals surface area (Å²) in [6.45, 7) is 0.304. The van der Waals surface area contributed by atoms with Gasteiger partial charge in [0.15, 0.2) is 5.76 Å². The third kappa shape index (κ3) is 5.23. The molecule has 37 heavy (non-hydrogen) atoms. The number of rotatable bonds is 6. The molecule has 5 rings (SSSR count). The second kappa shape index (κ2) is 10.4. The van der Waals surface area contributed by atoms with E-state index in [0.717, 1.165) is 11.1 Å². The van der Waals surface area contributed by atoms with Crippen molar-refractivity contribution in [2.45, 2.75) is 19.0 Å². The Kier molecular flexibility index (Phi) is 6.72. The molecule has 0 radical (unpaired) electrons. The first-order valence-corrected chi connectivity index (χ1v) is 11.8. The summed E-state index contributed by atoms with van der Waals surface area (Å²) < 4.78 is 10.4. The largest absolute Gasteiger partial charge is 0.497 e. The normalized spacial score (nSPS) is 14.4. The van der Waals surface area contributed by atoms with E-state index in [2.05, 4.69) is 10.6 Å². The Bertz CT molecular complexity index is 1410. The zero-order valence-electron chi connectivity index (χ0n) is 20.1. The van der Waals surface area contributed by atoms with Gasteiger partial charge in [-0.3, -0.25) is 14.4 Å². The van der Waals surface area contributed by atoms with Crippen molar-refractivity contribution in [1.29, 1.82) is 0 Å². The number of amides is 3. The van der Waals surface area contributed by atoms with Crippen LogP contribution >= 0.6 is 0 Å². The molecule has 3 aromatic carbocycles. The van der Waals surface area contributed by atoms with Crippen molar-refractivity contribution in [3.8, 4) is 5.75 Å². The molecular weight excluding hydrogens is 470 g/mol. The number of furan rings is 1. The lowest BCUT2D eigenvalue weighted by molar-refractivity contribution is -0.121. The Hall–Kier alpha value is -4.85. The number of ether oxygens (including phenoxy) is 1. The fraction of sp³-hybridized carbons (Fsp3) is 0.138. The van der Waals surface area contributed by atoms with Crippen molar-refractivity contribution in [2.75, 3.05) is 17.7 Å². The Morgan fingerprint density at radius 3 is 2.19 bits per heavy atom. The molecule has 1 unspecified atom stereocenters. The van der Waals surface area contributed by atoms with Crippen LogP contribution in [0.5, 0.6) is 5.75 Å². The fourth-order valence-corrected chi connectivity index (χ4v) is 4.32. The van der Waals surface area contributed by atoms with Crippen LogP contribution in [0.2, 0.25) is 0 Å². The molecule has 4 aromatic rings. The number of hydrogen-bond donors (Lipinski definition) is 2. The SMILES string of the molecule is COc1ccc(NC(=O)c2ccc(NC(=O)C3Cc4ccccc4CN3C(=O)c3ccco3)cc2)cc1. The summed E-state index contributed by atoms with van der Waals surface area (Å²) >= 11 is 0. The smallest absolute Gasteiger partial charge is 0.290 e. The highest BCUT2D eigenvalue weighted by atomic mass is 16.5. The monoisotopic (exact) mass is 495 g/mol. The Balaban J connectivity index is 1.29. The van der Waals surface area contributed by atoms with E-state index in [0.29, 0.717) is 35.7 Å². The molecule has 0 spiro atoms. The van der Waals surface area contributed by atoms with Gasteiger partial charge in [-0.25, -0.2) is 0 Å². The lowest BCUT2D eigenvalue weighted by Crippen LogP contribution is -2.50. The van der Waals surface area contributed by atoms with Crippen molar-refractivity contribution in [3.63, 3.8) is 0 Å². The van der Waals surface area contributed by atoms with Gasteiger partial charge in [-0.05, 0) is 71.8 Å². The number of carbonyl (C=O) groups is 3. The van der Waals surface area contributed by atoms with E-state index < -0.39 is 6.04 Å². The van der Waals surface area contributed by atoms with E-state index in [9.17, 15) is 14.4 Å². The van der Waals surface area contributed by atoms with Crippen LogP contribution in [-0.2, 0) is 17.8 Å². The quantitative estimate of drug-likeness (QED) is 0.402. The lowest BCUT2D eigenvalue weighted by atomic mass is 9.93. The second-order valence-electron chi connectivity index (χ2n) is 8.65. The van der Waals surface area contributed by atoms with Crippen LogP contribution in [0, 0.1) is 0 Å². The average molecular weight is 496 g/mol. The van der Waals surface area contributed by atoms with Gasteiger partial charge in [0.2, 0.25) is 5.91 Å². The minimum Gasteiger partial charge on any atom is -0.497 e. The van der Waals surface area contributed by atoms with Gasteiger partial charge in [-0.1, -0.05) is 24.3 Å². The summed E-state index contributed by atoms with van der Waals surface area (Å²) in [6.07, 6.45) is 1.82.